The maximum absolute atomic E-state index is 13.4. The van der Waals surface area contributed by atoms with Gasteiger partial charge in [0, 0.05) is 43.6 Å². The number of carbonyl (C=O) groups is 1. The number of benzene rings is 2. The first-order chi connectivity index (χ1) is 14.1. The largest absolute Gasteiger partial charge is 0.497 e. The number of ether oxygens (including phenoxy) is 1. The lowest BCUT2D eigenvalue weighted by Gasteiger charge is -2.32. The Balaban J connectivity index is 1.43. The summed E-state index contributed by atoms with van der Waals surface area (Å²) in [5.74, 6) is 1.10. The predicted molar refractivity (Wildman–Crippen MR) is 118 cm³/mol. The first-order valence-electron chi connectivity index (χ1n) is 10.6. The molecule has 5 nitrogen and oxygen atoms in total. The molecule has 1 amide bonds. The van der Waals surface area contributed by atoms with Crippen molar-refractivity contribution in [3.05, 3.63) is 54.1 Å². The number of fused-ring (bicyclic) bond motifs is 1. The topological polar surface area (TPSA) is 36.0 Å². The molecule has 154 valence electrons. The third-order valence-corrected chi connectivity index (χ3v) is 6.32. The van der Waals surface area contributed by atoms with Gasteiger partial charge in [-0.2, -0.15) is 0 Å². The van der Waals surface area contributed by atoms with E-state index in [1.54, 1.807) is 7.11 Å². The summed E-state index contributed by atoms with van der Waals surface area (Å²) in [6.07, 6.45) is 2.00. The molecule has 2 aliphatic heterocycles. The fourth-order valence-corrected chi connectivity index (χ4v) is 4.63. The average Bonchev–Trinajstić information content (AvgIpc) is 2.91. The average molecular weight is 394 g/mol. The first kappa shape index (κ1) is 19.8. The van der Waals surface area contributed by atoms with Crippen molar-refractivity contribution in [1.82, 2.24) is 4.90 Å². The van der Waals surface area contributed by atoms with Crippen molar-refractivity contribution in [2.24, 2.45) is 0 Å². The number of para-hydroxylation sites is 1. The van der Waals surface area contributed by atoms with Gasteiger partial charge in [-0.25, -0.2) is 0 Å². The molecule has 2 aromatic carbocycles. The molecule has 29 heavy (non-hydrogen) atoms. The Bertz CT molecular complexity index is 851. The van der Waals surface area contributed by atoms with Crippen LogP contribution in [0.15, 0.2) is 48.5 Å². The summed E-state index contributed by atoms with van der Waals surface area (Å²) in [5.41, 5.74) is 3.59. The van der Waals surface area contributed by atoms with Gasteiger partial charge in [0.2, 0.25) is 5.91 Å². The maximum Gasteiger partial charge on any atom is 0.244 e. The van der Waals surface area contributed by atoms with Crippen LogP contribution in [-0.2, 0) is 11.2 Å². The predicted octanol–water partition coefficient (Wildman–Crippen LogP) is 3.57. The van der Waals surface area contributed by atoms with E-state index in [9.17, 15) is 4.79 Å². The summed E-state index contributed by atoms with van der Waals surface area (Å²) in [4.78, 5) is 20.2. The van der Waals surface area contributed by atoms with Gasteiger partial charge in [-0.05, 0) is 62.6 Å². The van der Waals surface area contributed by atoms with Crippen LogP contribution >= 0.6 is 0 Å². The van der Waals surface area contributed by atoms with Gasteiger partial charge in [0.15, 0.2) is 0 Å². The van der Waals surface area contributed by atoms with Crippen LogP contribution in [0, 0.1) is 0 Å². The Labute approximate surface area is 173 Å². The van der Waals surface area contributed by atoms with E-state index in [0.29, 0.717) is 0 Å². The normalized spacial score (nSPS) is 20.9. The number of anilines is 2. The fourth-order valence-electron chi connectivity index (χ4n) is 4.63. The minimum atomic E-state index is -0.112. The zero-order valence-electron chi connectivity index (χ0n) is 17.7. The lowest BCUT2D eigenvalue weighted by molar-refractivity contribution is -0.123. The van der Waals surface area contributed by atoms with Gasteiger partial charge in [0.05, 0.1) is 13.2 Å². The molecule has 0 N–H and O–H groups in total. The van der Waals surface area contributed by atoms with E-state index in [0.717, 1.165) is 50.5 Å². The molecule has 5 heteroatoms. The van der Waals surface area contributed by atoms with Crippen molar-refractivity contribution in [2.75, 3.05) is 43.1 Å². The Hall–Kier alpha value is -2.53. The van der Waals surface area contributed by atoms with Crippen molar-refractivity contribution in [3.8, 4) is 5.75 Å². The van der Waals surface area contributed by atoms with E-state index in [2.05, 4.69) is 54.0 Å². The zero-order chi connectivity index (χ0) is 20.4. The number of methoxy groups -OCH3 is 1. The Kier molecular flexibility index (Phi) is 5.76. The van der Waals surface area contributed by atoms with Crippen LogP contribution in [0.3, 0.4) is 0 Å². The molecule has 1 saturated heterocycles. The number of carbonyl (C=O) groups excluding carboxylic acids is 1. The third kappa shape index (κ3) is 3.97. The van der Waals surface area contributed by atoms with Gasteiger partial charge in [-0.1, -0.05) is 18.2 Å². The number of hydrogen-bond donors (Lipinski definition) is 0. The molecular formula is C24H31N3O2. The van der Waals surface area contributed by atoms with Crippen molar-refractivity contribution in [3.63, 3.8) is 0 Å². The molecule has 2 aromatic rings. The summed E-state index contributed by atoms with van der Waals surface area (Å²) in [5, 5.41) is 0. The summed E-state index contributed by atoms with van der Waals surface area (Å²) < 4.78 is 5.27. The lowest BCUT2D eigenvalue weighted by Crippen LogP contribution is -2.50. The Morgan fingerprint density at radius 1 is 1.03 bits per heavy atom. The van der Waals surface area contributed by atoms with Gasteiger partial charge in [0.1, 0.15) is 5.75 Å². The first-order valence-corrected chi connectivity index (χ1v) is 10.6. The summed E-state index contributed by atoms with van der Waals surface area (Å²) >= 11 is 0. The van der Waals surface area contributed by atoms with Gasteiger partial charge >= 0.3 is 0 Å². The van der Waals surface area contributed by atoms with E-state index >= 15 is 0 Å². The molecule has 2 heterocycles. The molecule has 4 rings (SSSR count). The molecule has 0 saturated carbocycles. The number of hydrogen-bond acceptors (Lipinski definition) is 4. The SMILES string of the molecule is COc1ccc(N2CCCN(C(C)C(=O)N3c4ccccc4CC3C)CC2)cc1. The highest BCUT2D eigenvalue weighted by Gasteiger charge is 2.35. The standard InChI is InChI=1S/C24H31N3O2/c1-18-17-20-7-4-5-8-23(20)27(18)24(28)19(2)25-13-6-14-26(16-15-25)21-9-11-22(29-3)12-10-21/h4-5,7-12,18-19H,6,13-17H2,1-3H3. The molecule has 1 fully saturated rings. The molecule has 0 spiro atoms. The van der Waals surface area contributed by atoms with Crippen molar-refractivity contribution in [2.45, 2.75) is 38.8 Å². The minimum Gasteiger partial charge on any atom is -0.497 e. The van der Waals surface area contributed by atoms with Gasteiger partial charge in [0.25, 0.3) is 0 Å². The van der Waals surface area contributed by atoms with Crippen LogP contribution < -0.4 is 14.5 Å². The molecule has 0 bridgehead atoms. The molecule has 2 unspecified atom stereocenters. The monoisotopic (exact) mass is 393 g/mol. The smallest absolute Gasteiger partial charge is 0.244 e. The van der Waals surface area contributed by atoms with Crippen molar-refractivity contribution in [1.29, 1.82) is 0 Å². The van der Waals surface area contributed by atoms with E-state index < -0.39 is 0 Å². The summed E-state index contributed by atoms with van der Waals surface area (Å²) in [6, 6.07) is 16.7. The fraction of sp³-hybridized carbons (Fsp3) is 0.458. The summed E-state index contributed by atoms with van der Waals surface area (Å²) in [7, 11) is 1.69. The lowest BCUT2D eigenvalue weighted by atomic mass is 10.1. The second kappa shape index (κ2) is 8.46. The minimum absolute atomic E-state index is 0.112. The van der Waals surface area contributed by atoms with Crippen LogP contribution in [0.5, 0.6) is 5.75 Å². The Morgan fingerprint density at radius 2 is 1.79 bits per heavy atom. The molecule has 2 atom stereocenters. The van der Waals surface area contributed by atoms with Crippen LogP contribution in [-0.4, -0.2) is 56.2 Å². The second-order valence-corrected chi connectivity index (χ2v) is 8.14. The molecular weight excluding hydrogens is 362 g/mol. The van der Waals surface area contributed by atoms with Crippen LogP contribution in [0.2, 0.25) is 0 Å². The Morgan fingerprint density at radius 3 is 2.55 bits per heavy atom. The quantitative estimate of drug-likeness (QED) is 0.796. The van der Waals surface area contributed by atoms with Crippen molar-refractivity contribution >= 4 is 17.3 Å². The number of amides is 1. The van der Waals surface area contributed by atoms with Crippen molar-refractivity contribution < 1.29 is 9.53 Å². The molecule has 0 aromatic heterocycles. The second-order valence-electron chi connectivity index (χ2n) is 8.14. The zero-order valence-corrected chi connectivity index (χ0v) is 17.7. The summed E-state index contributed by atoms with van der Waals surface area (Å²) in [6.45, 7) is 7.99. The highest BCUT2D eigenvalue weighted by Crippen LogP contribution is 2.33. The van der Waals surface area contributed by atoms with Crippen LogP contribution in [0.1, 0.15) is 25.8 Å². The van der Waals surface area contributed by atoms with Gasteiger partial charge < -0.3 is 14.5 Å². The molecule has 2 aliphatic rings. The van der Waals surface area contributed by atoms with Gasteiger partial charge in [-0.15, -0.1) is 0 Å². The highest BCUT2D eigenvalue weighted by atomic mass is 16.5. The third-order valence-electron chi connectivity index (χ3n) is 6.32. The van der Waals surface area contributed by atoms with Gasteiger partial charge in [-0.3, -0.25) is 9.69 Å². The van der Waals surface area contributed by atoms with Crippen LogP contribution in [0.25, 0.3) is 0 Å². The van der Waals surface area contributed by atoms with E-state index in [-0.39, 0.29) is 18.0 Å². The van der Waals surface area contributed by atoms with E-state index in [4.69, 9.17) is 4.74 Å². The highest BCUT2D eigenvalue weighted by molar-refractivity contribution is 5.99. The number of nitrogens with zero attached hydrogens (tertiary/aromatic N) is 3. The van der Waals surface area contributed by atoms with Crippen LogP contribution in [0.4, 0.5) is 11.4 Å². The maximum atomic E-state index is 13.4. The van der Waals surface area contributed by atoms with E-state index in [1.807, 2.05) is 23.1 Å². The van der Waals surface area contributed by atoms with E-state index in [1.165, 1.54) is 11.3 Å². The number of rotatable bonds is 4. The molecule has 0 radical (unpaired) electrons. The molecule has 0 aliphatic carbocycles.